The van der Waals surface area contributed by atoms with Crippen LogP contribution < -0.4 is 10.1 Å². The maximum atomic E-state index is 14.3. The zero-order valence-electron chi connectivity index (χ0n) is 16.2. The highest BCUT2D eigenvalue weighted by molar-refractivity contribution is 5.88. The van der Waals surface area contributed by atoms with E-state index in [2.05, 4.69) is 5.32 Å². The van der Waals surface area contributed by atoms with Crippen LogP contribution in [0, 0.1) is 11.7 Å². The average Bonchev–Trinajstić information content (AvgIpc) is 2.71. The summed E-state index contributed by atoms with van der Waals surface area (Å²) in [4.78, 5) is 28.8. The topological polar surface area (TPSA) is 82.1 Å². The highest BCUT2D eigenvalue weighted by atomic mass is 19.1. The summed E-state index contributed by atoms with van der Waals surface area (Å²) in [6, 6.07) is 4.05. The number of ether oxygens (including phenoxy) is 1. The van der Waals surface area contributed by atoms with Crippen LogP contribution in [0.5, 0.6) is 5.75 Å². The summed E-state index contributed by atoms with van der Waals surface area (Å²) < 4.78 is 19.4. The van der Waals surface area contributed by atoms with E-state index < -0.39 is 6.04 Å². The van der Waals surface area contributed by atoms with Crippen LogP contribution in [0.25, 0.3) is 0 Å². The Morgan fingerprint density at radius 3 is 2.71 bits per heavy atom. The fourth-order valence-electron chi connectivity index (χ4n) is 3.83. The molecule has 0 radical (unpaired) electrons. The molecule has 0 aliphatic carbocycles. The number of piperazine rings is 1. The van der Waals surface area contributed by atoms with Gasteiger partial charge in [-0.1, -0.05) is 6.07 Å². The number of aliphatic hydroxyl groups is 1. The Morgan fingerprint density at radius 1 is 1.32 bits per heavy atom. The van der Waals surface area contributed by atoms with Gasteiger partial charge in [-0.3, -0.25) is 14.5 Å². The lowest BCUT2D eigenvalue weighted by molar-refractivity contribution is -0.140. The first kappa shape index (κ1) is 20.5. The molecule has 0 bridgehead atoms. The Bertz CT molecular complexity index is 707. The monoisotopic (exact) mass is 393 g/mol. The maximum Gasteiger partial charge on any atom is 0.237 e. The van der Waals surface area contributed by atoms with Gasteiger partial charge in [0.1, 0.15) is 11.6 Å². The maximum absolute atomic E-state index is 14.3. The van der Waals surface area contributed by atoms with Gasteiger partial charge in [-0.25, -0.2) is 4.39 Å². The van der Waals surface area contributed by atoms with Crippen molar-refractivity contribution < 1.29 is 23.8 Å². The summed E-state index contributed by atoms with van der Waals surface area (Å²) in [5, 5.41) is 12.0. The number of benzene rings is 1. The number of rotatable bonds is 6. The van der Waals surface area contributed by atoms with Gasteiger partial charge >= 0.3 is 0 Å². The van der Waals surface area contributed by atoms with E-state index in [-0.39, 0.29) is 43.1 Å². The number of nitrogens with one attached hydrogen (secondary N) is 1. The smallest absolute Gasteiger partial charge is 0.237 e. The molecule has 2 fully saturated rings. The first-order valence-electron chi connectivity index (χ1n) is 9.74. The minimum Gasteiger partial charge on any atom is -0.497 e. The van der Waals surface area contributed by atoms with Gasteiger partial charge in [0.2, 0.25) is 11.8 Å². The molecule has 2 amide bonds. The number of hydrogen-bond acceptors (Lipinski definition) is 5. The average molecular weight is 393 g/mol. The molecule has 1 atom stereocenters. The predicted molar refractivity (Wildman–Crippen MR) is 101 cm³/mol. The van der Waals surface area contributed by atoms with Crippen molar-refractivity contribution >= 4 is 11.8 Å². The Hall–Kier alpha value is -2.19. The quantitative estimate of drug-likeness (QED) is 0.746. The van der Waals surface area contributed by atoms with Crippen LogP contribution >= 0.6 is 0 Å². The van der Waals surface area contributed by atoms with E-state index in [9.17, 15) is 19.1 Å². The molecular weight excluding hydrogens is 365 g/mol. The summed E-state index contributed by atoms with van der Waals surface area (Å²) in [5.41, 5.74) is 0.469. The lowest BCUT2D eigenvalue weighted by atomic mass is 9.97. The second kappa shape index (κ2) is 9.34. The number of carbonyl (C=O) groups excluding carboxylic acids is 2. The molecule has 1 unspecified atom stereocenters. The molecule has 0 saturated carbocycles. The van der Waals surface area contributed by atoms with Crippen molar-refractivity contribution in [3.8, 4) is 5.75 Å². The lowest BCUT2D eigenvalue weighted by Crippen LogP contribution is -2.56. The number of halogens is 1. The van der Waals surface area contributed by atoms with E-state index in [1.807, 2.05) is 4.90 Å². The van der Waals surface area contributed by atoms with Crippen molar-refractivity contribution in [1.29, 1.82) is 0 Å². The molecule has 2 aliphatic heterocycles. The van der Waals surface area contributed by atoms with Crippen molar-refractivity contribution in [3.63, 3.8) is 0 Å². The fourth-order valence-corrected chi connectivity index (χ4v) is 3.83. The number of amides is 2. The predicted octanol–water partition coefficient (Wildman–Crippen LogP) is 0.756. The molecule has 8 heteroatoms. The second-order valence-electron chi connectivity index (χ2n) is 7.45. The number of likely N-dealkylation sites (tertiary alicyclic amines) is 1. The summed E-state index contributed by atoms with van der Waals surface area (Å²) in [6.45, 7) is 2.64. The Balaban J connectivity index is 1.65. The van der Waals surface area contributed by atoms with Gasteiger partial charge in [0.15, 0.2) is 0 Å². The molecule has 28 heavy (non-hydrogen) atoms. The molecule has 154 valence electrons. The zero-order valence-corrected chi connectivity index (χ0v) is 16.2. The third-order valence-electron chi connectivity index (χ3n) is 5.67. The Morgan fingerprint density at radius 2 is 2.07 bits per heavy atom. The van der Waals surface area contributed by atoms with Crippen LogP contribution in [0.15, 0.2) is 18.2 Å². The molecule has 7 nitrogen and oxygen atoms in total. The number of piperidine rings is 1. The summed E-state index contributed by atoms with van der Waals surface area (Å²) in [6.07, 6.45) is 1.63. The third-order valence-corrected chi connectivity index (χ3v) is 5.67. The van der Waals surface area contributed by atoms with Crippen molar-refractivity contribution in [2.45, 2.75) is 31.8 Å². The normalized spacial score (nSPS) is 21.5. The molecule has 2 aliphatic rings. The number of methoxy groups -OCH3 is 1. The third kappa shape index (κ3) is 4.80. The van der Waals surface area contributed by atoms with Crippen LogP contribution in [-0.4, -0.2) is 72.7 Å². The van der Waals surface area contributed by atoms with Gasteiger partial charge < -0.3 is 20.1 Å². The molecule has 2 N–H and O–H groups in total. The van der Waals surface area contributed by atoms with Crippen molar-refractivity contribution in [1.82, 2.24) is 15.1 Å². The van der Waals surface area contributed by atoms with Crippen molar-refractivity contribution in [2.75, 3.05) is 39.9 Å². The van der Waals surface area contributed by atoms with Gasteiger partial charge in [-0.2, -0.15) is 0 Å². The highest BCUT2D eigenvalue weighted by Gasteiger charge is 2.34. The Labute approximate surface area is 164 Å². The molecule has 0 spiro atoms. The summed E-state index contributed by atoms with van der Waals surface area (Å²) in [7, 11) is 1.48. The van der Waals surface area contributed by atoms with Gasteiger partial charge in [0.25, 0.3) is 0 Å². The van der Waals surface area contributed by atoms with Crippen LogP contribution in [0.3, 0.4) is 0 Å². The highest BCUT2D eigenvalue weighted by Crippen LogP contribution is 2.22. The molecule has 0 aromatic heterocycles. The second-order valence-corrected chi connectivity index (χ2v) is 7.45. The zero-order chi connectivity index (χ0) is 20.1. The van der Waals surface area contributed by atoms with Crippen molar-refractivity contribution in [2.24, 2.45) is 5.92 Å². The van der Waals surface area contributed by atoms with Crippen LogP contribution in [0.2, 0.25) is 0 Å². The SMILES string of the molecule is COc1ccc(CN2CCNC(=O)C2CC(=O)N2CCC(CO)CC2)c(F)c1. The number of aliphatic hydroxyl groups excluding tert-OH is 1. The lowest BCUT2D eigenvalue weighted by Gasteiger charge is -2.37. The van der Waals surface area contributed by atoms with E-state index in [0.717, 1.165) is 12.8 Å². The minimum absolute atomic E-state index is 0.0707. The summed E-state index contributed by atoms with van der Waals surface area (Å²) in [5.74, 6) is 0.0334. The molecule has 2 saturated heterocycles. The van der Waals surface area contributed by atoms with Crippen LogP contribution in [-0.2, 0) is 16.1 Å². The summed E-state index contributed by atoms with van der Waals surface area (Å²) >= 11 is 0. The van der Waals surface area contributed by atoms with E-state index in [1.165, 1.54) is 13.2 Å². The minimum atomic E-state index is -0.613. The standard InChI is InChI=1S/C20H28FN3O4/c1-28-16-3-2-15(17(21)10-16)12-24-9-6-22-20(27)18(24)11-19(26)23-7-4-14(13-25)5-8-23/h2-3,10,14,18,25H,4-9,11-13H2,1H3,(H,22,27). The van der Waals surface area contributed by atoms with Crippen LogP contribution in [0.4, 0.5) is 4.39 Å². The first-order valence-corrected chi connectivity index (χ1v) is 9.74. The van der Waals surface area contributed by atoms with E-state index >= 15 is 0 Å². The Kier molecular flexibility index (Phi) is 6.85. The van der Waals surface area contributed by atoms with Crippen LogP contribution in [0.1, 0.15) is 24.8 Å². The van der Waals surface area contributed by atoms with Crippen molar-refractivity contribution in [3.05, 3.63) is 29.6 Å². The van der Waals surface area contributed by atoms with Gasteiger partial charge in [-0.05, 0) is 24.8 Å². The molecule has 3 rings (SSSR count). The van der Waals surface area contributed by atoms with Gasteiger partial charge in [0.05, 0.1) is 19.6 Å². The number of hydrogen-bond donors (Lipinski definition) is 2. The molecule has 1 aromatic rings. The number of nitrogens with zero attached hydrogens (tertiary/aromatic N) is 2. The largest absolute Gasteiger partial charge is 0.497 e. The van der Waals surface area contributed by atoms with Gasteiger partial charge in [0, 0.05) is 51.0 Å². The molecular formula is C20H28FN3O4. The van der Waals surface area contributed by atoms with E-state index in [4.69, 9.17) is 4.74 Å². The number of carbonyl (C=O) groups is 2. The van der Waals surface area contributed by atoms with E-state index in [0.29, 0.717) is 37.5 Å². The van der Waals surface area contributed by atoms with E-state index in [1.54, 1.807) is 17.0 Å². The molecule has 1 aromatic carbocycles. The fraction of sp³-hybridized carbons (Fsp3) is 0.600. The molecule has 2 heterocycles. The first-order chi connectivity index (χ1) is 13.5. The van der Waals surface area contributed by atoms with Gasteiger partial charge in [-0.15, -0.1) is 0 Å².